The first-order valence-electron chi connectivity index (χ1n) is 7.05. The Balaban J connectivity index is 2.85. The molecule has 0 aliphatic heterocycles. The van der Waals surface area contributed by atoms with Crippen LogP contribution in [0.25, 0.3) is 0 Å². The Morgan fingerprint density at radius 1 is 1.22 bits per heavy atom. The molecule has 0 fully saturated rings. The van der Waals surface area contributed by atoms with Crippen LogP contribution in [0.1, 0.15) is 44.1 Å². The summed E-state index contributed by atoms with van der Waals surface area (Å²) in [5.74, 6) is 0. The Labute approximate surface area is 111 Å². The molecule has 0 aromatic carbocycles. The van der Waals surface area contributed by atoms with Gasteiger partial charge in [0.05, 0.1) is 5.69 Å². The van der Waals surface area contributed by atoms with E-state index in [0.717, 1.165) is 45.5 Å². The zero-order valence-electron chi connectivity index (χ0n) is 12.3. The summed E-state index contributed by atoms with van der Waals surface area (Å²) in [6, 6.07) is 0. The van der Waals surface area contributed by atoms with Gasteiger partial charge in [-0.25, -0.2) is 0 Å². The van der Waals surface area contributed by atoms with Gasteiger partial charge in [-0.2, -0.15) is 5.10 Å². The van der Waals surface area contributed by atoms with Crippen LogP contribution in [-0.2, 0) is 30.7 Å². The number of aryl methyl sites for hydroxylation is 2. The van der Waals surface area contributed by atoms with E-state index in [9.17, 15) is 0 Å². The molecular formula is C14H27N3O. The zero-order chi connectivity index (χ0) is 13.4. The van der Waals surface area contributed by atoms with Gasteiger partial charge in [0, 0.05) is 38.1 Å². The third-order valence-electron chi connectivity index (χ3n) is 3.19. The van der Waals surface area contributed by atoms with Crippen molar-refractivity contribution in [1.29, 1.82) is 0 Å². The summed E-state index contributed by atoms with van der Waals surface area (Å²) in [5, 5.41) is 8.16. The van der Waals surface area contributed by atoms with E-state index in [2.05, 4.69) is 30.8 Å². The maximum atomic E-state index is 5.11. The fraction of sp³-hybridized carbons (Fsp3) is 0.786. The first kappa shape index (κ1) is 15.2. The molecule has 1 N–H and O–H groups in total. The highest BCUT2D eigenvalue weighted by molar-refractivity contribution is 5.26. The van der Waals surface area contributed by atoms with Gasteiger partial charge in [0.15, 0.2) is 0 Å². The molecule has 4 nitrogen and oxygen atoms in total. The van der Waals surface area contributed by atoms with E-state index < -0.39 is 0 Å². The molecule has 4 heteroatoms. The molecule has 0 unspecified atom stereocenters. The van der Waals surface area contributed by atoms with E-state index in [4.69, 9.17) is 9.84 Å². The summed E-state index contributed by atoms with van der Waals surface area (Å²) >= 11 is 0. The van der Waals surface area contributed by atoms with E-state index in [-0.39, 0.29) is 0 Å². The molecule has 1 heterocycles. The van der Waals surface area contributed by atoms with Gasteiger partial charge in [-0.3, -0.25) is 4.68 Å². The molecule has 18 heavy (non-hydrogen) atoms. The van der Waals surface area contributed by atoms with E-state index >= 15 is 0 Å². The summed E-state index contributed by atoms with van der Waals surface area (Å²) in [5.41, 5.74) is 4.02. The molecule has 0 atom stereocenters. The fourth-order valence-electron chi connectivity index (χ4n) is 2.27. The van der Waals surface area contributed by atoms with Crippen LogP contribution in [0.4, 0.5) is 0 Å². The van der Waals surface area contributed by atoms with Crippen molar-refractivity contribution >= 4 is 0 Å². The average molecular weight is 253 g/mol. The lowest BCUT2D eigenvalue weighted by molar-refractivity contribution is 0.188. The van der Waals surface area contributed by atoms with Crippen molar-refractivity contribution in [2.24, 2.45) is 0 Å². The molecular weight excluding hydrogens is 226 g/mol. The van der Waals surface area contributed by atoms with Crippen molar-refractivity contribution in [3.05, 3.63) is 17.0 Å². The second kappa shape index (κ2) is 8.27. The van der Waals surface area contributed by atoms with Crippen LogP contribution in [0, 0.1) is 0 Å². The van der Waals surface area contributed by atoms with Gasteiger partial charge in [0.2, 0.25) is 0 Å². The summed E-state index contributed by atoms with van der Waals surface area (Å²) in [6.45, 7) is 10.2. The predicted molar refractivity (Wildman–Crippen MR) is 74.9 cm³/mol. The lowest BCUT2D eigenvalue weighted by Gasteiger charge is -2.08. The second-order valence-corrected chi connectivity index (χ2v) is 4.43. The second-order valence-electron chi connectivity index (χ2n) is 4.43. The van der Waals surface area contributed by atoms with Gasteiger partial charge in [-0.05, 0) is 25.8 Å². The maximum Gasteiger partial charge on any atom is 0.0669 e. The van der Waals surface area contributed by atoms with Gasteiger partial charge in [-0.15, -0.1) is 0 Å². The van der Waals surface area contributed by atoms with Crippen LogP contribution >= 0.6 is 0 Å². The topological polar surface area (TPSA) is 39.1 Å². The van der Waals surface area contributed by atoms with E-state index in [1.807, 2.05) is 0 Å². The smallest absolute Gasteiger partial charge is 0.0669 e. The van der Waals surface area contributed by atoms with Gasteiger partial charge in [-0.1, -0.05) is 20.8 Å². The number of aromatic nitrogens is 2. The third-order valence-corrected chi connectivity index (χ3v) is 3.19. The molecule has 0 radical (unpaired) electrons. The standard InChI is InChI=1S/C14H27N3O/c1-5-13-12(11-15-7-3)14(6-2)17(16-13)9-8-10-18-4/h15H,5-11H2,1-4H3. The molecule has 0 saturated heterocycles. The molecule has 0 aliphatic carbocycles. The number of methoxy groups -OCH3 is 1. The first-order chi connectivity index (χ1) is 8.78. The molecule has 0 spiro atoms. The van der Waals surface area contributed by atoms with Gasteiger partial charge >= 0.3 is 0 Å². The largest absolute Gasteiger partial charge is 0.385 e. The Hall–Kier alpha value is -0.870. The number of nitrogens with zero attached hydrogens (tertiary/aromatic N) is 2. The highest BCUT2D eigenvalue weighted by Gasteiger charge is 2.14. The van der Waals surface area contributed by atoms with E-state index in [1.165, 1.54) is 17.0 Å². The molecule has 0 bridgehead atoms. The molecule has 1 aromatic rings. The number of hydrogen-bond acceptors (Lipinski definition) is 3. The van der Waals surface area contributed by atoms with Crippen LogP contribution in [0.3, 0.4) is 0 Å². The van der Waals surface area contributed by atoms with Gasteiger partial charge < -0.3 is 10.1 Å². The molecule has 0 saturated carbocycles. The van der Waals surface area contributed by atoms with Crippen LogP contribution < -0.4 is 5.32 Å². The van der Waals surface area contributed by atoms with Crippen LogP contribution in [0.2, 0.25) is 0 Å². The Morgan fingerprint density at radius 3 is 2.56 bits per heavy atom. The Bertz CT molecular complexity index is 347. The van der Waals surface area contributed by atoms with Crippen molar-refractivity contribution in [3.63, 3.8) is 0 Å². The quantitative estimate of drug-likeness (QED) is 0.685. The SMILES string of the molecule is CCNCc1c(CC)nn(CCCOC)c1CC. The highest BCUT2D eigenvalue weighted by atomic mass is 16.5. The van der Waals surface area contributed by atoms with Gasteiger partial charge in [0.25, 0.3) is 0 Å². The summed E-state index contributed by atoms with van der Waals surface area (Å²) in [6.07, 6.45) is 3.07. The minimum absolute atomic E-state index is 0.799. The average Bonchev–Trinajstić information content (AvgIpc) is 2.73. The summed E-state index contributed by atoms with van der Waals surface area (Å²) < 4.78 is 7.28. The molecule has 0 amide bonds. The monoisotopic (exact) mass is 253 g/mol. The van der Waals surface area contributed by atoms with Crippen LogP contribution in [0.5, 0.6) is 0 Å². The third kappa shape index (κ3) is 3.82. The maximum absolute atomic E-state index is 5.11. The Kier molecular flexibility index (Phi) is 6.98. The molecule has 0 aliphatic rings. The van der Waals surface area contributed by atoms with E-state index in [1.54, 1.807) is 7.11 Å². The molecule has 1 rings (SSSR count). The van der Waals surface area contributed by atoms with Crippen molar-refractivity contribution in [2.75, 3.05) is 20.3 Å². The lowest BCUT2D eigenvalue weighted by atomic mass is 10.1. The fourth-order valence-corrected chi connectivity index (χ4v) is 2.27. The van der Waals surface area contributed by atoms with Crippen molar-refractivity contribution in [1.82, 2.24) is 15.1 Å². The zero-order valence-corrected chi connectivity index (χ0v) is 12.3. The van der Waals surface area contributed by atoms with Crippen molar-refractivity contribution in [3.8, 4) is 0 Å². The lowest BCUT2D eigenvalue weighted by Crippen LogP contribution is -2.14. The molecule has 104 valence electrons. The number of nitrogens with one attached hydrogen (secondary N) is 1. The minimum Gasteiger partial charge on any atom is -0.385 e. The number of hydrogen-bond donors (Lipinski definition) is 1. The van der Waals surface area contributed by atoms with E-state index in [0.29, 0.717) is 0 Å². The Morgan fingerprint density at radius 2 is 2.00 bits per heavy atom. The minimum atomic E-state index is 0.799. The number of ether oxygens (including phenoxy) is 1. The highest BCUT2D eigenvalue weighted by Crippen LogP contribution is 2.16. The summed E-state index contributed by atoms with van der Waals surface area (Å²) in [7, 11) is 1.75. The number of rotatable bonds is 9. The van der Waals surface area contributed by atoms with Gasteiger partial charge in [0.1, 0.15) is 0 Å². The van der Waals surface area contributed by atoms with Crippen LogP contribution in [-0.4, -0.2) is 30.0 Å². The van der Waals surface area contributed by atoms with Crippen molar-refractivity contribution in [2.45, 2.75) is 53.1 Å². The van der Waals surface area contributed by atoms with Crippen molar-refractivity contribution < 1.29 is 4.74 Å². The molecule has 1 aromatic heterocycles. The first-order valence-corrected chi connectivity index (χ1v) is 7.05. The normalized spacial score (nSPS) is 11.1. The summed E-state index contributed by atoms with van der Waals surface area (Å²) in [4.78, 5) is 0. The van der Waals surface area contributed by atoms with Crippen LogP contribution in [0.15, 0.2) is 0 Å². The predicted octanol–water partition coefficient (Wildman–Crippen LogP) is 2.15.